The molecule has 108 valence electrons. The lowest BCUT2D eigenvalue weighted by atomic mass is 10.1. The molecule has 0 aliphatic carbocycles. The Bertz CT molecular complexity index is 668. The summed E-state index contributed by atoms with van der Waals surface area (Å²) in [6.07, 6.45) is 0.784. The second-order valence-corrected chi connectivity index (χ2v) is 5.50. The van der Waals surface area contributed by atoms with Crippen molar-refractivity contribution < 1.29 is 4.79 Å². The number of carbonyl (C=O) groups excluding carboxylic acids is 1. The van der Waals surface area contributed by atoms with Gasteiger partial charge < -0.3 is 0 Å². The van der Waals surface area contributed by atoms with Crippen molar-refractivity contribution in [3.8, 4) is 0 Å². The van der Waals surface area contributed by atoms with Gasteiger partial charge in [-0.05, 0) is 16.0 Å². The van der Waals surface area contributed by atoms with Gasteiger partial charge in [0.1, 0.15) is 0 Å². The van der Waals surface area contributed by atoms with Gasteiger partial charge >= 0.3 is 0 Å². The number of amides is 1. The predicted molar refractivity (Wildman–Crippen MR) is 78.8 cm³/mol. The molecular weight excluding hydrogens is 288 g/mol. The van der Waals surface area contributed by atoms with E-state index in [0.717, 1.165) is 17.7 Å². The Hall–Kier alpha value is -2.22. The lowest BCUT2D eigenvalue weighted by Gasteiger charge is -2.10. The molecule has 1 aromatic carbocycles. The van der Waals surface area contributed by atoms with Gasteiger partial charge in [-0.1, -0.05) is 42.1 Å². The number of aryl methyl sites for hydroxylation is 1. The molecule has 0 unspecified atom stereocenters. The van der Waals surface area contributed by atoms with Crippen LogP contribution in [0.4, 0.5) is 0 Å². The molecule has 7 nitrogen and oxygen atoms in total. The molecule has 0 saturated carbocycles. The van der Waals surface area contributed by atoms with Gasteiger partial charge in [-0.3, -0.25) is 4.79 Å². The Morgan fingerprint density at radius 1 is 1.33 bits per heavy atom. The summed E-state index contributed by atoms with van der Waals surface area (Å²) in [5.41, 5.74) is 2.02. The van der Waals surface area contributed by atoms with Gasteiger partial charge in [-0.2, -0.15) is 5.10 Å². The summed E-state index contributed by atoms with van der Waals surface area (Å²) in [6.45, 7) is 0.626. The molecule has 1 aromatic heterocycles. The van der Waals surface area contributed by atoms with Crippen molar-refractivity contribution in [3.05, 3.63) is 35.9 Å². The van der Waals surface area contributed by atoms with Crippen LogP contribution < -0.4 is 0 Å². The number of hydrazone groups is 1. The predicted octanol–water partition coefficient (Wildman–Crippen LogP) is 0.939. The zero-order valence-corrected chi connectivity index (χ0v) is 12.3. The van der Waals surface area contributed by atoms with Crippen molar-refractivity contribution in [2.45, 2.75) is 11.6 Å². The second-order valence-electron chi connectivity index (χ2n) is 4.55. The van der Waals surface area contributed by atoms with Gasteiger partial charge in [0.15, 0.2) is 0 Å². The highest BCUT2D eigenvalue weighted by Crippen LogP contribution is 2.17. The average Bonchev–Trinajstić information content (AvgIpc) is 3.15. The first-order valence-corrected chi connectivity index (χ1v) is 7.51. The van der Waals surface area contributed by atoms with E-state index in [9.17, 15) is 4.79 Å². The maximum Gasteiger partial charge on any atom is 0.253 e. The van der Waals surface area contributed by atoms with Crippen LogP contribution in [0.3, 0.4) is 0 Å². The Kier molecular flexibility index (Phi) is 3.96. The number of rotatable bonds is 4. The van der Waals surface area contributed by atoms with Crippen LogP contribution in [-0.4, -0.2) is 49.1 Å². The van der Waals surface area contributed by atoms with Crippen LogP contribution in [0.2, 0.25) is 0 Å². The molecule has 0 spiro atoms. The van der Waals surface area contributed by atoms with E-state index in [1.54, 1.807) is 11.7 Å². The van der Waals surface area contributed by atoms with E-state index in [2.05, 4.69) is 20.6 Å². The lowest BCUT2D eigenvalue weighted by Crippen LogP contribution is -2.25. The standard InChI is InChI=1S/C13H14N6OS/c1-18-13(14-16-17-18)21-9-12(20)19-8-7-11(15-19)10-5-3-2-4-6-10/h2-6H,7-9H2,1H3. The molecule has 0 fully saturated rings. The number of benzene rings is 1. The summed E-state index contributed by atoms with van der Waals surface area (Å²) < 4.78 is 1.54. The van der Waals surface area contributed by atoms with Crippen molar-refractivity contribution >= 4 is 23.4 Å². The second kappa shape index (κ2) is 6.04. The Morgan fingerprint density at radius 3 is 2.86 bits per heavy atom. The fourth-order valence-electron chi connectivity index (χ4n) is 2.01. The number of aromatic nitrogens is 4. The van der Waals surface area contributed by atoms with Gasteiger partial charge in [0.05, 0.1) is 18.0 Å². The number of thioether (sulfide) groups is 1. The number of hydrogen-bond donors (Lipinski definition) is 0. The Morgan fingerprint density at radius 2 is 2.14 bits per heavy atom. The van der Waals surface area contributed by atoms with Crippen molar-refractivity contribution in [2.75, 3.05) is 12.3 Å². The fourth-order valence-corrected chi connectivity index (χ4v) is 2.73. The summed E-state index contributed by atoms with van der Waals surface area (Å²) in [4.78, 5) is 12.1. The topological polar surface area (TPSA) is 76.3 Å². The quantitative estimate of drug-likeness (QED) is 0.786. The summed E-state index contributed by atoms with van der Waals surface area (Å²) in [5.74, 6) is 0.244. The minimum absolute atomic E-state index is 0.0334. The fraction of sp³-hybridized carbons (Fsp3) is 0.308. The third-order valence-corrected chi connectivity index (χ3v) is 4.10. The first-order valence-electron chi connectivity index (χ1n) is 6.52. The van der Waals surface area contributed by atoms with Crippen LogP contribution in [0, 0.1) is 0 Å². The number of hydrogen-bond acceptors (Lipinski definition) is 6. The maximum atomic E-state index is 12.1. The molecule has 1 aliphatic rings. The molecule has 8 heteroatoms. The average molecular weight is 302 g/mol. The number of nitrogens with zero attached hydrogens (tertiary/aromatic N) is 6. The number of tetrazole rings is 1. The van der Waals surface area contributed by atoms with E-state index in [-0.39, 0.29) is 11.7 Å². The molecule has 0 N–H and O–H groups in total. The Labute approximate surface area is 126 Å². The van der Waals surface area contributed by atoms with Crippen molar-refractivity contribution in [1.82, 2.24) is 25.2 Å². The van der Waals surface area contributed by atoms with Crippen LogP contribution in [0.15, 0.2) is 40.6 Å². The van der Waals surface area contributed by atoms with Crippen molar-refractivity contribution in [1.29, 1.82) is 0 Å². The molecule has 0 bridgehead atoms. The molecular formula is C13H14N6OS. The summed E-state index contributed by atoms with van der Waals surface area (Å²) >= 11 is 1.31. The molecule has 0 atom stereocenters. The van der Waals surface area contributed by atoms with E-state index >= 15 is 0 Å². The minimum Gasteiger partial charge on any atom is -0.272 e. The lowest BCUT2D eigenvalue weighted by molar-refractivity contribution is -0.127. The normalized spacial score (nSPS) is 14.3. The molecule has 21 heavy (non-hydrogen) atoms. The SMILES string of the molecule is Cn1nnnc1SCC(=O)N1CCC(c2ccccc2)=N1. The highest BCUT2D eigenvalue weighted by Gasteiger charge is 2.22. The molecule has 0 radical (unpaired) electrons. The molecule has 0 saturated heterocycles. The summed E-state index contributed by atoms with van der Waals surface area (Å²) in [5, 5.41) is 17.7. The van der Waals surface area contributed by atoms with E-state index in [4.69, 9.17) is 0 Å². The minimum atomic E-state index is -0.0334. The molecule has 3 rings (SSSR count). The van der Waals surface area contributed by atoms with E-state index in [0.29, 0.717) is 11.7 Å². The molecule has 2 heterocycles. The van der Waals surface area contributed by atoms with Gasteiger partial charge in [-0.15, -0.1) is 5.10 Å². The third kappa shape index (κ3) is 3.10. The van der Waals surface area contributed by atoms with Crippen molar-refractivity contribution in [2.24, 2.45) is 12.1 Å². The van der Waals surface area contributed by atoms with E-state index < -0.39 is 0 Å². The largest absolute Gasteiger partial charge is 0.272 e. The highest BCUT2D eigenvalue weighted by molar-refractivity contribution is 7.99. The zero-order valence-electron chi connectivity index (χ0n) is 11.5. The first kappa shape index (κ1) is 13.7. The van der Waals surface area contributed by atoms with Crippen LogP contribution in [0.1, 0.15) is 12.0 Å². The van der Waals surface area contributed by atoms with Gasteiger partial charge in [0, 0.05) is 13.5 Å². The Balaban J connectivity index is 1.61. The summed E-state index contributed by atoms with van der Waals surface area (Å²) in [7, 11) is 1.74. The molecule has 1 amide bonds. The van der Waals surface area contributed by atoms with Crippen LogP contribution in [0.25, 0.3) is 0 Å². The monoisotopic (exact) mass is 302 g/mol. The van der Waals surface area contributed by atoms with Crippen LogP contribution in [0.5, 0.6) is 0 Å². The third-order valence-electron chi connectivity index (χ3n) is 3.10. The van der Waals surface area contributed by atoms with Gasteiger partial charge in [0.2, 0.25) is 5.16 Å². The highest BCUT2D eigenvalue weighted by atomic mass is 32.2. The van der Waals surface area contributed by atoms with E-state index in [1.165, 1.54) is 16.8 Å². The maximum absolute atomic E-state index is 12.1. The first-order chi connectivity index (χ1) is 10.2. The molecule has 2 aromatic rings. The van der Waals surface area contributed by atoms with Crippen molar-refractivity contribution in [3.63, 3.8) is 0 Å². The zero-order chi connectivity index (χ0) is 14.7. The van der Waals surface area contributed by atoms with E-state index in [1.807, 2.05) is 30.3 Å². The van der Waals surface area contributed by atoms with Crippen LogP contribution >= 0.6 is 11.8 Å². The summed E-state index contributed by atoms with van der Waals surface area (Å²) in [6, 6.07) is 9.92. The smallest absolute Gasteiger partial charge is 0.253 e. The van der Waals surface area contributed by atoms with Gasteiger partial charge in [-0.25, -0.2) is 9.69 Å². The molecule has 1 aliphatic heterocycles. The van der Waals surface area contributed by atoms with Gasteiger partial charge in [0.25, 0.3) is 5.91 Å². The van der Waals surface area contributed by atoms with Crippen LogP contribution in [-0.2, 0) is 11.8 Å². The number of carbonyl (C=O) groups is 1.